The minimum atomic E-state index is -0.616. The second-order valence-electron chi connectivity index (χ2n) is 7.26. The number of rotatable bonds is 0. The zero-order valence-corrected chi connectivity index (χ0v) is 14.5. The van der Waals surface area contributed by atoms with Gasteiger partial charge in [-0.2, -0.15) is 0 Å². The lowest BCUT2D eigenvalue weighted by molar-refractivity contribution is -0.0621. The van der Waals surface area contributed by atoms with Crippen LogP contribution in [0.25, 0.3) is 0 Å². The third kappa shape index (κ3) is 6.37. The fourth-order valence-electron chi connectivity index (χ4n) is 1.88. The summed E-state index contributed by atoms with van der Waals surface area (Å²) in [6, 6.07) is 0. The van der Waals surface area contributed by atoms with E-state index in [9.17, 15) is 9.59 Å². The van der Waals surface area contributed by atoms with Gasteiger partial charge in [-0.15, -0.1) is 0 Å². The second-order valence-corrected chi connectivity index (χ2v) is 7.26. The van der Waals surface area contributed by atoms with Crippen molar-refractivity contribution in [2.45, 2.75) is 65.6 Å². The molecule has 0 aliphatic carbocycles. The van der Waals surface area contributed by atoms with E-state index < -0.39 is 23.4 Å². The van der Waals surface area contributed by atoms with Crippen molar-refractivity contribution in [2.24, 2.45) is 0 Å². The third-order valence-corrected chi connectivity index (χ3v) is 2.68. The Morgan fingerprint density at radius 1 is 0.773 bits per heavy atom. The number of ether oxygens (including phenoxy) is 2. The highest BCUT2D eigenvalue weighted by Crippen LogP contribution is 2.17. The third-order valence-electron chi connectivity index (χ3n) is 2.68. The Morgan fingerprint density at radius 2 is 1.09 bits per heavy atom. The van der Waals surface area contributed by atoms with Crippen molar-refractivity contribution >= 4 is 12.2 Å². The number of hydrazine groups is 1. The maximum Gasteiger partial charge on any atom is 0.429 e. The van der Waals surface area contributed by atoms with E-state index in [0.29, 0.717) is 25.9 Å². The first kappa shape index (κ1) is 18.3. The molecule has 0 saturated heterocycles. The molecule has 0 fully saturated rings. The molecule has 22 heavy (non-hydrogen) atoms. The van der Waals surface area contributed by atoms with Crippen LogP contribution in [-0.4, -0.2) is 46.5 Å². The molecule has 1 heterocycles. The van der Waals surface area contributed by atoms with Gasteiger partial charge in [-0.3, -0.25) is 0 Å². The van der Waals surface area contributed by atoms with Gasteiger partial charge in [0.15, 0.2) is 0 Å². The molecule has 0 aromatic carbocycles. The molecule has 1 rings (SSSR count). The van der Waals surface area contributed by atoms with Crippen LogP contribution in [0.3, 0.4) is 0 Å². The summed E-state index contributed by atoms with van der Waals surface area (Å²) in [5.74, 6) is 0. The van der Waals surface area contributed by atoms with E-state index in [1.54, 1.807) is 41.5 Å². The minimum Gasteiger partial charge on any atom is -0.442 e. The number of hydrogen-bond acceptors (Lipinski definition) is 4. The molecule has 2 amide bonds. The fourth-order valence-corrected chi connectivity index (χ4v) is 1.88. The van der Waals surface area contributed by atoms with Gasteiger partial charge in [0.25, 0.3) is 0 Å². The van der Waals surface area contributed by atoms with Crippen LogP contribution in [-0.2, 0) is 9.47 Å². The van der Waals surface area contributed by atoms with E-state index in [0.717, 1.165) is 0 Å². The maximum absolute atomic E-state index is 12.4. The van der Waals surface area contributed by atoms with Gasteiger partial charge in [0.1, 0.15) is 11.2 Å². The zero-order valence-electron chi connectivity index (χ0n) is 14.5. The maximum atomic E-state index is 12.4. The van der Waals surface area contributed by atoms with Gasteiger partial charge in [0, 0.05) is 13.1 Å². The topological polar surface area (TPSA) is 59.1 Å². The van der Waals surface area contributed by atoms with Crippen molar-refractivity contribution in [2.75, 3.05) is 13.1 Å². The smallest absolute Gasteiger partial charge is 0.429 e. The van der Waals surface area contributed by atoms with Gasteiger partial charge in [-0.05, 0) is 54.4 Å². The van der Waals surface area contributed by atoms with Gasteiger partial charge >= 0.3 is 12.2 Å². The van der Waals surface area contributed by atoms with E-state index in [-0.39, 0.29) is 0 Å². The van der Waals surface area contributed by atoms with Crippen molar-refractivity contribution < 1.29 is 19.1 Å². The lowest BCUT2D eigenvalue weighted by Crippen LogP contribution is -2.53. The molecule has 0 aromatic heterocycles. The highest BCUT2D eigenvalue weighted by molar-refractivity contribution is 5.74. The minimum absolute atomic E-state index is 0.380. The van der Waals surface area contributed by atoms with Crippen LogP contribution < -0.4 is 0 Å². The lowest BCUT2D eigenvalue weighted by atomic mass is 10.2. The Labute approximate surface area is 133 Å². The highest BCUT2D eigenvalue weighted by Gasteiger charge is 2.32. The first-order chi connectivity index (χ1) is 9.99. The number of amides is 2. The molecule has 0 radical (unpaired) electrons. The predicted octanol–water partition coefficient (Wildman–Crippen LogP) is 3.73. The van der Waals surface area contributed by atoms with Crippen LogP contribution in [0.5, 0.6) is 0 Å². The molecule has 6 heteroatoms. The molecule has 0 saturated carbocycles. The molecule has 126 valence electrons. The van der Waals surface area contributed by atoms with E-state index in [2.05, 4.69) is 0 Å². The average Bonchev–Trinajstić information content (AvgIpc) is 2.22. The van der Waals surface area contributed by atoms with Crippen LogP contribution in [0.1, 0.15) is 54.4 Å². The molecule has 0 bridgehead atoms. The van der Waals surface area contributed by atoms with Gasteiger partial charge in [-0.25, -0.2) is 19.6 Å². The van der Waals surface area contributed by atoms with Crippen molar-refractivity contribution in [3.63, 3.8) is 0 Å². The van der Waals surface area contributed by atoms with Crippen molar-refractivity contribution in [1.82, 2.24) is 10.0 Å². The molecule has 0 N–H and O–H groups in total. The molecule has 0 spiro atoms. The summed E-state index contributed by atoms with van der Waals surface area (Å²) in [6.07, 6.45) is 4.27. The first-order valence-electron chi connectivity index (χ1n) is 7.65. The number of carbonyl (C=O) groups excluding carboxylic acids is 2. The van der Waals surface area contributed by atoms with E-state index >= 15 is 0 Å². The summed E-state index contributed by atoms with van der Waals surface area (Å²) in [5.41, 5.74) is -1.23. The summed E-state index contributed by atoms with van der Waals surface area (Å²) in [7, 11) is 0. The van der Waals surface area contributed by atoms with Crippen molar-refractivity contribution in [3.05, 3.63) is 12.2 Å². The summed E-state index contributed by atoms with van der Waals surface area (Å²) >= 11 is 0. The Hall–Kier alpha value is -1.72. The Bertz CT molecular complexity index is 392. The van der Waals surface area contributed by atoms with Gasteiger partial charge < -0.3 is 9.47 Å². The van der Waals surface area contributed by atoms with Gasteiger partial charge in [-0.1, -0.05) is 12.2 Å². The Morgan fingerprint density at radius 3 is 1.36 bits per heavy atom. The quantitative estimate of drug-likeness (QED) is 0.640. The number of carbonyl (C=O) groups is 2. The monoisotopic (exact) mass is 312 g/mol. The molecular formula is C16H28N2O4. The second kappa shape index (κ2) is 7.03. The molecule has 0 atom stereocenters. The molecule has 6 nitrogen and oxygen atoms in total. The lowest BCUT2D eigenvalue weighted by Gasteiger charge is -2.37. The Kier molecular flexibility index (Phi) is 5.85. The zero-order chi connectivity index (χ0) is 17.0. The summed E-state index contributed by atoms with van der Waals surface area (Å²) < 4.78 is 10.8. The van der Waals surface area contributed by atoms with Crippen LogP contribution in [0.2, 0.25) is 0 Å². The van der Waals surface area contributed by atoms with Crippen LogP contribution in [0.4, 0.5) is 9.59 Å². The normalized spacial score (nSPS) is 18.3. The van der Waals surface area contributed by atoms with Gasteiger partial charge in [0.2, 0.25) is 0 Å². The van der Waals surface area contributed by atoms with Crippen LogP contribution >= 0.6 is 0 Å². The van der Waals surface area contributed by atoms with Gasteiger partial charge in [0.05, 0.1) is 0 Å². The van der Waals surface area contributed by atoms with E-state index in [1.807, 2.05) is 12.2 Å². The summed E-state index contributed by atoms with van der Waals surface area (Å²) in [4.78, 5) is 24.8. The molecule has 0 aromatic rings. The average molecular weight is 312 g/mol. The summed E-state index contributed by atoms with van der Waals surface area (Å²) in [6.45, 7) is 11.5. The van der Waals surface area contributed by atoms with Crippen molar-refractivity contribution in [1.29, 1.82) is 0 Å². The molecule has 0 unspecified atom stereocenters. The fraction of sp³-hybridized carbons (Fsp3) is 0.750. The largest absolute Gasteiger partial charge is 0.442 e. The summed E-state index contributed by atoms with van der Waals surface area (Å²) in [5, 5.41) is 2.67. The van der Waals surface area contributed by atoms with Crippen molar-refractivity contribution in [3.8, 4) is 0 Å². The number of nitrogens with zero attached hydrogens (tertiary/aromatic N) is 2. The highest BCUT2D eigenvalue weighted by atomic mass is 16.6. The molecule has 1 aliphatic rings. The molecule has 1 aliphatic heterocycles. The number of hydrogen-bond donors (Lipinski definition) is 0. The molecular weight excluding hydrogens is 284 g/mol. The first-order valence-corrected chi connectivity index (χ1v) is 7.65. The predicted molar refractivity (Wildman–Crippen MR) is 84.3 cm³/mol. The Balaban J connectivity index is 2.92. The van der Waals surface area contributed by atoms with E-state index in [1.165, 1.54) is 10.0 Å². The van der Waals surface area contributed by atoms with Crippen LogP contribution in [0, 0.1) is 0 Å². The standard InChI is InChI=1S/C16H28N2O4/c1-15(2,3)21-13(19)17-11-9-7-8-10-12-18(17)14(20)22-16(4,5)6/h7-8H,9-12H2,1-6H3/b8-7-. The van der Waals surface area contributed by atoms with Crippen LogP contribution in [0.15, 0.2) is 12.2 Å². The SMILES string of the molecule is CC(C)(C)OC(=O)N1CC/C=C\CCN1C(=O)OC(C)(C)C. The van der Waals surface area contributed by atoms with E-state index in [4.69, 9.17) is 9.47 Å².